The predicted molar refractivity (Wildman–Crippen MR) is 121 cm³/mol. The lowest BCUT2D eigenvalue weighted by molar-refractivity contribution is -0.116. The Hall–Kier alpha value is -2.73. The average Bonchev–Trinajstić information content (AvgIpc) is 2.74. The Morgan fingerprint density at radius 2 is 1.83 bits per heavy atom. The first-order valence-corrected chi connectivity index (χ1v) is 10.3. The van der Waals surface area contributed by atoms with Crippen molar-refractivity contribution in [1.82, 2.24) is 10.2 Å². The third-order valence-corrected chi connectivity index (χ3v) is 5.26. The van der Waals surface area contributed by atoms with E-state index in [1.807, 2.05) is 31.2 Å². The molecule has 1 aliphatic heterocycles. The van der Waals surface area contributed by atoms with E-state index in [1.54, 1.807) is 7.05 Å². The first-order chi connectivity index (χ1) is 14.1. The third-order valence-electron chi connectivity index (χ3n) is 4.95. The van der Waals surface area contributed by atoms with Gasteiger partial charge in [0.25, 0.3) is 0 Å². The number of carbonyl (C=O) groups excluding carboxylic acids is 1. The van der Waals surface area contributed by atoms with Gasteiger partial charge in [-0.3, -0.25) is 9.79 Å². The number of hydrogen-bond acceptors (Lipinski definition) is 3. The Morgan fingerprint density at radius 3 is 2.48 bits per heavy atom. The summed E-state index contributed by atoms with van der Waals surface area (Å²) in [5.41, 5.74) is 2.95. The number of benzene rings is 2. The highest BCUT2D eigenvalue weighted by molar-refractivity contribution is 6.33. The first kappa shape index (κ1) is 21.0. The van der Waals surface area contributed by atoms with Crippen molar-refractivity contribution >= 4 is 34.8 Å². The maximum Gasteiger partial charge on any atom is 0.226 e. The van der Waals surface area contributed by atoms with Gasteiger partial charge >= 0.3 is 0 Å². The van der Waals surface area contributed by atoms with Crippen LogP contribution in [-0.4, -0.2) is 56.5 Å². The minimum atomic E-state index is -0.0763. The summed E-state index contributed by atoms with van der Waals surface area (Å²) in [7, 11) is 1.78. The minimum Gasteiger partial charge on any atom is -0.368 e. The molecule has 154 valence electrons. The van der Waals surface area contributed by atoms with Crippen LogP contribution in [0.2, 0.25) is 5.02 Å². The maximum absolute atomic E-state index is 12.2. The molecule has 0 unspecified atom stereocenters. The van der Waals surface area contributed by atoms with Gasteiger partial charge in [-0.15, -0.1) is 0 Å². The first-order valence-electron chi connectivity index (χ1n) is 9.88. The molecule has 1 aliphatic rings. The summed E-state index contributed by atoms with van der Waals surface area (Å²) >= 11 is 6.18. The van der Waals surface area contributed by atoms with E-state index >= 15 is 0 Å². The summed E-state index contributed by atoms with van der Waals surface area (Å²) in [6.45, 7) is 6.14. The number of nitrogens with zero attached hydrogens (tertiary/aromatic N) is 3. The molecule has 2 aromatic rings. The third kappa shape index (κ3) is 5.87. The number of hydrogen-bond donors (Lipinski definition) is 2. The second-order valence-corrected chi connectivity index (χ2v) is 7.47. The Balaban J connectivity index is 1.43. The SMILES string of the molecule is CN=C(NCCC(=O)Nc1ccc(C)cc1Cl)N1CCN(c2ccccc2)CC1. The number of piperazine rings is 1. The van der Waals surface area contributed by atoms with Crippen LogP contribution >= 0.6 is 11.6 Å². The van der Waals surface area contributed by atoms with Crippen molar-refractivity contribution in [2.24, 2.45) is 4.99 Å². The van der Waals surface area contributed by atoms with Gasteiger partial charge in [0, 0.05) is 51.9 Å². The number of aryl methyl sites for hydroxylation is 1. The molecular formula is C22H28ClN5O. The highest BCUT2D eigenvalue weighted by Crippen LogP contribution is 2.22. The second kappa shape index (κ2) is 10.2. The monoisotopic (exact) mass is 413 g/mol. The van der Waals surface area contributed by atoms with Gasteiger partial charge in [0.2, 0.25) is 5.91 Å². The summed E-state index contributed by atoms with van der Waals surface area (Å²) in [5.74, 6) is 0.756. The van der Waals surface area contributed by atoms with Crippen molar-refractivity contribution in [2.45, 2.75) is 13.3 Å². The van der Waals surface area contributed by atoms with Crippen LogP contribution in [0.4, 0.5) is 11.4 Å². The normalized spacial score (nSPS) is 14.7. The van der Waals surface area contributed by atoms with E-state index < -0.39 is 0 Å². The van der Waals surface area contributed by atoms with E-state index in [0.717, 1.165) is 37.7 Å². The molecule has 0 aliphatic carbocycles. The van der Waals surface area contributed by atoms with Gasteiger partial charge in [-0.25, -0.2) is 0 Å². The number of nitrogens with one attached hydrogen (secondary N) is 2. The predicted octanol–water partition coefficient (Wildman–Crippen LogP) is 3.37. The van der Waals surface area contributed by atoms with E-state index in [9.17, 15) is 4.79 Å². The fraction of sp³-hybridized carbons (Fsp3) is 0.364. The van der Waals surface area contributed by atoms with Crippen LogP contribution in [0.15, 0.2) is 53.5 Å². The molecule has 1 amide bonds. The Morgan fingerprint density at radius 1 is 1.10 bits per heavy atom. The van der Waals surface area contributed by atoms with Crippen LogP contribution in [-0.2, 0) is 4.79 Å². The van der Waals surface area contributed by atoms with Gasteiger partial charge in [-0.1, -0.05) is 35.9 Å². The topological polar surface area (TPSA) is 60.0 Å². The number of rotatable bonds is 5. The van der Waals surface area contributed by atoms with Crippen molar-refractivity contribution in [2.75, 3.05) is 50.0 Å². The van der Waals surface area contributed by atoms with Crippen molar-refractivity contribution in [1.29, 1.82) is 0 Å². The van der Waals surface area contributed by atoms with Crippen LogP contribution in [0.1, 0.15) is 12.0 Å². The van der Waals surface area contributed by atoms with Crippen molar-refractivity contribution in [3.05, 3.63) is 59.1 Å². The zero-order valence-corrected chi connectivity index (χ0v) is 17.7. The standard InChI is InChI=1S/C22H28ClN5O/c1-17-8-9-20(19(23)16-17)26-21(29)10-11-25-22(24-2)28-14-12-27(13-15-28)18-6-4-3-5-7-18/h3-9,16H,10-15H2,1-2H3,(H,24,25)(H,26,29). The number of anilines is 2. The van der Waals surface area contributed by atoms with Gasteiger partial charge in [-0.2, -0.15) is 0 Å². The molecular weight excluding hydrogens is 386 g/mol. The fourth-order valence-corrected chi connectivity index (χ4v) is 3.65. The number of aliphatic imine (C=N–C) groups is 1. The fourth-order valence-electron chi connectivity index (χ4n) is 3.37. The average molecular weight is 414 g/mol. The number of halogens is 1. The molecule has 1 saturated heterocycles. The van der Waals surface area contributed by atoms with Crippen molar-refractivity contribution in [3.63, 3.8) is 0 Å². The lowest BCUT2D eigenvalue weighted by Crippen LogP contribution is -2.52. The van der Waals surface area contributed by atoms with E-state index in [-0.39, 0.29) is 5.91 Å². The van der Waals surface area contributed by atoms with Crippen LogP contribution < -0.4 is 15.5 Å². The zero-order chi connectivity index (χ0) is 20.6. The number of para-hydroxylation sites is 1. The molecule has 7 heteroatoms. The molecule has 0 aromatic heterocycles. The summed E-state index contributed by atoms with van der Waals surface area (Å²) in [6.07, 6.45) is 0.340. The second-order valence-electron chi connectivity index (χ2n) is 7.07. The molecule has 0 spiro atoms. The summed E-state index contributed by atoms with van der Waals surface area (Å²) in [6, 6.07) is 16.0. The molecule has 2 N–H and O–H groups in total. The zero-order valence-electron chi connectivity index (χ0n) is 17.0. The van der Waals surface area contributed by atoms with Crippen molar-refractivity contribution < 1.29 is 4.79 Å². The minimum absolute atomic E-state index is 0.0763. The smallest absolute Gasteiger partial charge is 0.226 e. The number of amides is 1. The van der Waals surface area contributed by atoms with E-state index in [1.165, 1.54) is 5.69 Å². The summed E-state index contributed by atoms with van der Waals surface area (Å²) < 4.78 is 0. The van der Waals surface area contributed by atoms with E-state index in [0.29, 0.717) is 23.7 Å². The molecule has 0 saturated carbocycles. The van der Waals surface area contributed by atoms with Gasteiger partial charge < -0.3 is 20.4 Å². The van der Waals surface area contributed by atoms with E-state index in [2.05, 4.69) is 49.7 Å². The molecule has 1 heterocycles. The van der Waals surface area contributed by atoms with Crippen LogP contribution in [0, 0.1) is 6.92 Å². The summed E-state index contributed by atoms with van der Waals surface area (Å²) in [4.78, 5) is 21.2. The molecule has 6 nitrogen and oxygen atoms in total. The molecule has 0 atom stereocenters. The molecule has 29 heavy (non-hydrogen) atoms. The molecule has 0 radical (unpaired) electrons. The Bertz CT molecular complexity index is 848. The van der Waals surface area contributed by atoms with Gasteiger partial charge in [-0.05, 0) is 36.8 Å². The van der Waals surface area contributed by atoms with Crippen LogP contribution in [0.3, 0.4) is 0 Å². The van der Waals surface area contributed by atoms with Crippen LogP contribution in [0.25, 0.3) is 0 Å². The largest absolute Gasteiger partial charge is 0.368 e. The lowest BCUT2D eigenvalue weighted by atomic mass is 10.2. The van der Waals surface area contributed by atoms with Gasteiger partial charge in [0.1, 0.15) is 0 Å². The van der Waals surface area contributed by atoms with Gasteiger partial charge in [0.15, 0.2) is 5.96 Å². The Kier molecular flexibility index (Phi) is 7.36. The molecule has 2 aromatic carbocycles. The van der Waals surface area contributed by atoms with E-state index in [4.69, 9.17) is 11.6 Å². The van der Waals surface area contributed by atoms with Crippen molar-refractivity contribution in [3.8, 4) is 0 Å². The van der Waals surface area contributed by atoms with Gasteiger partial charge in [0.05, 0.1) is 10.7 Å². The molecule has 0 bridgehead atoms. The highest BCUT2D eigenvalue weighted by Gasteiger charge is 2.19. The lowest BCUT2D eigenvalue weighted by Gasteiger charge is -2.37. The summed E-state index contributed by atoms with van der Waals surface area (Å²) in [5, 5.41) is 6.71. The van der Waals surface area contributed by atoms with Crippen LogP contribution in [0.5, 0.6) is 0 Å². The molecule has 3 rings (SSSR count). The highest BCUT2D eigenvalue weighted by atomic mass is 35.5. The molecule has 1 fully saturated rings. The Labute approximate surface area is 177 Å². The quantitative estimate of drug-likeness (QED) is 0.582. The number of guanidine groups is 1. The number of carbonyl (C=O) groups is 1. The maximum atomic E-state index is 12.2.